The van der Waals surface area contributed by atoms with E-state index in [1.54, 1.807) is 12.1 Å². The normalized spacial score (nSPS) is 14.6. The van der Waals surface area contributed by atoms with Crippen LogP contribution in [0.3, 0.4) is 0 Å². The van der Waals surface area contributed by atoms with Crippen LogP contribution < -0.4 is 14.9 Å². The van der Waals surface area contributed by atoms with Crippen molar-refractivity contribution in [3.05, 3.63) is 48.0 Å². The molecule has 0 bridgehead atoms. The molecular formula is C21H24N4O3S2. The zero-order valence-electron chi connectivity index (χ0n) is 16.7. The second-order valence-electron chi connectivity index (χ2n) is 7.49. The third-order valence-electron chi connectivity index (χ3n) is 4.97. The van der Waals surface area contributed by atoms with Crippen molar-refractivity contribution < 1.29 is 13.2 Å². The number of sulfonamides is 1. The second-order valence-corrected chi connectivity index (χ2v) is 10.2. The number of aryl methyl sites for hydroxylation is 1. The molecule has 2 heterocycles. The van der Waals surface area contributed by atoms with E-state index >= 15 is 0 Å². The smallest absolute Gasteiger partial charge is 0.243 e. The molecule has 4 rings (SSSR count). The summed E-state index contributed by atoms with van der Waals surface area (Å²) in [5.74, 6) is -1.29. The molecule has 1 aromatic heterocycles. The van der Waals surface area contributed by atoms with Gasteiger partial charge in [-0.3, -0.25) is 9.52 Å². The minimum atomic E-state index is -3.83. The van der Waals surface area contributed by atoms with Crippen molar-refractivity contribution in [3.63, 3.8) is 0 Å². The Morgan fingerprint density at radius 2 is 1.83 bits per heavy atom. The quantitative estimate of drug-likeness (QED) is 0.600. The van der Waals surface area contributed by atoms with Gasteiger partial charge in [0.05, 0.1) is 10.2 Å². The van der Waals surface area contributed by atoms with Gasteiger partial charge in [0, 0.05) is 24.5 Å². The number of thiazole rings is 1. The zero-order valence-corrected chi connectivity index (χ0v) is 18.4. The van der Waals surface area contributed by atoms with Crippen molar-refractivity contribution in [2.75, 3.05) is 33.8 Å². The summed E-state index contributed by atoms with van der Waals surface area (Å²) in [7, 11) is -3.83. The molecule has 1 fully saturated rings. The highest BCUT2D eigenvalue weighted by Gasteiger charge is 2.18. The molecule has 3 aromatic rings. The third-order valence-corrected chi connectivity index (χ3v) is 7.10. The molecule has 0 aliphatic carbocycles. The molecule has 2 aromatic carbocycles. The third kappa shape index (κ3) is 5.09. The highest BCUT2D eigenvalue weighted by Crippen LogP contribution is 2.27. The number of nitrogens with zero attached hydrogens (tertiary/aromatic N) is 2. The Morgan fingerprint density at radius 3 is 2.57 bits per heavy atom. The number of rotatable bonds is 6. The first-order valence-corrected chi connectivity index (χ1v) is 12.4. The predicted molar refractivity (Wildman–Crippen MR) is 123 cm³/mol. The number of hydrogen-bond donors (Lipinski definition) is 2. The van der Waals surface area contributed by atoms with E-state index in [1.807, 2.05) is 37.3 Å². The lowest BCUT2D eigenvalue weighted by Gasteiger charge is -2.28. The van der Waals surface area contributed by atoms with Crippen LogP contribution in [-0.2, 0) is 14.8 Å². The van der Waals surface area contributed by atoms with E-state index in [0.717, 1.165) is 34.6 Å². The molecule has 2 N–H and O–H groups in total. The number of carbonyl (C=O) groups excluding carboxylic acids is 1. The first-order chi connectivity index (χ1) is 14.4. The Kier molecular flexibility index (Phi) is 5.92. The molecule has 1 amide bonds. The second kappa shape index (κ2) is 8.61. The SMILES string of the molecule is Cc1ccc2nc(NC(=O)CS(=O)(=O)Nc3ccc(N4CCCCC4)cc3)sc2c1. The van der Waals surface area contributed by atoms with E-state index in [0.29, 0.717) is 10.8 Å². The van der Waals surface area contributed by atoms with Crippen LogP contribution in [0.2, 0.25) is 0 Å². The number of benzene rings is 2. The predicted octanol–water partition coefficient (Wildman–Crippen LogP) is 3.98. The summed E-state index contributed by atoms with van der Waals surface area (Å²) in [5.41, 5.74) is 3.40. The van der Waals surface area contributed by atoms with Crippen molar-refractivity contribution in [2.24, 2.45) is 0 Å². The van der Waals surface area contributed by atoms with Gasteiger partial charge in [0.15, 0.2) is 5.13 Å². The minimum Gasteiger partial charge on any atom is -0.372 e. The Bertz CT molecular complexity index is 1150. The molecule has 7 nitrogen and oxygen atoms in total. The molecule has 158 valence electrons. The summed E-state index contributed by atoms with van der Waals surface area (Å²) >= 11 is 1.32. The van der Waals surface area contributed by atoms with Crippen molar-refractivity contribution >= 4 is 54.0 Å². The van der Waals surface area contributed by atoms with Crippen molar-refractivity contribution in [2.45, 2.75) is 26.2 Å². The van der Waals surface area contributed by atoms with E-state index in [9.17, 15) is 13.2 Å². The van der Waals surface area contributed by atoms with Gasteiger partial charge in [-0.2, -0.15) is 0 Å². The number of carbonyl (C=O) groups is 1. The first-order valence-electron chi connectivity index (χ1n) is 9.90. The Labute approximate surface area is 180 Å². The standard InChI is InChI=1S/C21H24N4O3S2/c1-15-5-10-18-19(13-15)29-21(22-18)23-20(26)14-30(27,28)24-16-6-8-17(9-7-16)25-11-3-2-4-12-25/h5-10,13,24H,2-4,11-12,14H2,1H3,(H,22,23,26). The summed E-state index contributed by atoms with van der Waals surface area (Å²) in [4.78, 5) is 18.9. The summed E-state index contributed by atoms with van der Waals surface area (Å²) in [6.07, 6.45) is 3.61. The number of amides is 1. The average molecular weight is 445 g/mol. The van der Waals surface area contributed by atoms with Gasteiger partial charge in [-0.1, -0.05) is 17.4 Å². The van der Waals surface area contributed by atoms with Crippen LogP contribution in [0.25, 0.3) is 10.2 Å². The maximum absolute atomic E-state index is 12.4. The molecule has 0 atom stereocenters. The number of piperidine rings is 1. The summed E-state index contributed by atoms with van der Waals surface area (Å²) in [6, 6.07) is 13.1. The molecule has 0 saturated carbocycles. The number of fused-ring (bicyclic) bond motifs is 1. The fraction of sp³-hybridized carbons (Fsp3) is 0.333. The van der Waals surface area contributed by atoms with Crippen molar-refractivity contribution in [3.8, 4) is 0 Å². The highest BCUT2D eigenvalue weighted by molar-refractivity contribution is 7.93. The maximum Gasteiger partial charge on any atom is 0.243 e. The van der Waals surface area contributed by atoms with E-state index in [1.165, 1.54) is 30.6 Å². The number of anilines is 3. The zero-order chi connectivity index (χ0) is 21.1. The maximum atomic E-state index is 12.4. The fourth-order valence-electron chi connectivity index (χ4n) is 3.52. The van der Waals surface area contributed by atoms with Crippen LogP contribution in [0.5, 0.6) is 0 Å². The van der Waals surface area contributed by atoms with Gasteiger partial charge in [0.1, 0.15) is 5.75 Å². The van der Waals surface area contributed by atoms with Crippen molar-refractivity contribution in [1.82, 2.24) is 4.98 Å². The molecule has 9 heteroatoms. The highest BCUT2D eigenvalue weighted by atomic mass is 32.2. The number of hydrogen-bond acceptors (Lipinski definition) is 6. The summed E-state index contributed by atoms with van der Waals surface area (Å²) in [6.45, 7) is 4.03. The van der Waals surface area contributed by atoms with Crippen LogP contribution in [0.15, 0.2) is 42.5 Å². The van der Waals surface area contributed by atoms with Crippen molar-refractivity contribution in [1.29, 1.82) is 0 Å². The van der Waals surface area contributed by atoms with Gasteiger partial charge >= 0.3 is 0 Å². The van der Waals surface area contributed by atoms with Gasteiger partial charge in [0.2, 0.25) is 15.9 Å². The largest absolute Gasteiger partial charge is 0.372 e. The Balaban J connectivity index is 1.36. The molecular weight excluding hydrogens is 420 g/mol. The number of aromatic nitrogens is 1. The fourth-order valence-corrected chi connectivity index (χ4v) is 5.49. The molecule has 1 aliphatic rings. The lowest BCUT2D eigenvalue weighted by Crippen LogP contribution is -2.29. The van der Waals surface area contributed by atoms with Gasteiger partial charge in [0.25, 0.3) is 0 Å². The van der Waals surface area contributed by atoms with Crippen LogP contribution >= 0.6 is 11.3 Å². The van der Waals surface area contributed by atoms with Crippen LogP contribution in [-0.4, -0.2) is 38.2 Å². The molecule has 30 heavy (non-hydrogen) atoms. The van der Waals surface area contributed by atoms with E-state index in [4.69, 9.17) is 0 Å². The average Bonchev–Trinajstić information content (AvgIpc) is 3.09. The van der Waals surface area contributed by atoms with Crippen LogP contribution in [0.4, 0.5) is 16.5 Å². The molecule has 0 radical (unpaired) electrons. The van der Waals surface area contributed by atoms with Gasteiger partial charge in [-0.05, 0) is 68.1 Å². The number of nitrogens with one attached hydrogen (secondary N) is 2. The van der Waals surface area contributed by atoms with E-state index in [-0.39, 0.29) is 0 Å². The minimum absolute atomic E-state index is 0.390. The summed E-state index contributed by atoms with van der Waals surface area (Å²) < 4.78 is 28.2. The molecule has 1 saturated heterocycles. The van der Waals surface area contributed by atoms with E-state index < -0.39 is 21.7 Å². The lowest BCUT2D eigenvalue weighted by atomic mass is 10.1. The molecule has 0 unspecified atom stereocenters. The summed E-state index contributed by atoms with van der Waals surface area (Å²) in [5, 5.41) is 2.98. The van der Waals surface area contributed by atoms with Crippen LogP contribution in [0.1, 0.15) is 24.8 Å². The molecule has 1 aliphatic heterocycles. The Hall–Kier alpha value is -2.65. The Morgan fingerprint density at radius 1 is 1.10 bits per heavy atom. The van der Waals surface area contributed by atoms with E-state index in [2.05, 4.69) is 19.9 Å². The topological polar surface area (TPSA) is 91.4 Å². The van der Waals surface area contributed by atoms with Gasteiger partial charge < -0.3 is 10.2 Å². The van der Waals surface area contributed by atoms with Gasteiger partial charge in [-0.15, -0.1) is 0 Å². The molecule has 0 spiro atoms. The van der Waals surface area contributed by atoms with Crippen LogP contribution in [0, 0.1) is 6.92 Å². The lowest BCUT2D eigenvalue weighted by molar-refractivity contribution is -0.113. The first kappa shape index (κ1) is 20.6. The van der Waals surface area contributed by atoms with Gasteiger partial charge in [-0.25, -0.2) is 13.4 Å². The monoisotopic (exact) mass is 444 g/mol.